The molecular formula is C3H3ClNS. The molecule has 0 aliphatic carbocycles. The maximum Gasteiger partial charge on any atom is 0.0624 e. The van der Waals surface area contributed by atoms with Crippen molar-refractivity contribution in [2.45, 2.75) is 0 Å². The molecule has 33 valence electrons. The first-order chi connectivity index (χ1) is 2.89. The number of hydrogen-bond acceptors (Lipinski definition) is 1. The van der Waals surface area contributed by atoms with Crippen LogP contribution in [0.4, 0.5) is 0 Å². The van der Waals surface area contributed by atoms with Crippen LogP contribution in [-0.4, -0.2) is 6.54 Å². The van der Waals surface area contributed by atoms with E-state index in [1.807, 2.05) is 5.41 Å². The van der Waals surface area contributed by atoms with Gasteiger partial charge < -0.3 is 0 Å². The zero-order valence-electron chi connectivity index (χ0n) is 3.02. The van der Waals surface area contributed by atoms with Crippen molar-refractivity contribution in [2.75, 3.05) is 6.54 Å². The van der Waals surface area contributed by atoms with Crippen LogP contribution in [0.5, 0.6) is 0 Å². The second-order valence-electron chi connectivity index (χ2n) is 0.957. The van der Waals surface area contributed by atoms with E-state index in [0.717, 1.165) is 5.03 Å². The topological polar surface area (TPSA) is 14.1 Å². The summed E-state index contributed by atoms with van der Waals surface area (Å²) in [4.78, 5) is 0. The van der Waals surface area contributed by atoms with Crippen LogP contribution in [0.25, 0.3) is 0 Å². The van der Waals surface area contributed by atoms with Gasteiger partial charge in [0.2, 0.25) is 0 Å². The lowest BCUT2D eigenvalue weighted by Gasteiger charge is -1.76. The van der Waals surface area contributed by atoms with Crippen molar-refractivity contribution in [3.8, 4) is 0 Å². The van der Waals surface area contributed by atoms with E-state index in [2.05, 4.69) is 4.72 Å². The van der Waals surface area contributed by atoms with E-state index in [9.17, 15) is 0 Å². The van der Waals surface area contributed by atoms with Gasteiger partial charge in [0, 0.05) is 10.4 Å². The summed E-state index contributed by atoms with van der Waals surface area (Å²) in [5.74, 6) is 0. The third kappa shape index (κ3) is 0.899. The zero-order chi connectivity index (χ0) is 4.41. The highest BCUT2D eigenvalue weighted by atomic mass is 35.5. The maximum atomic E-state index is 5.46. The molecule has 0 N–H and O–H groups in total. The van der Waals surface area contributed by atoms with Gasteiger partial charge in [0.15, 0.2) is 0 Å². The molecule has 6 heavy (non-hydrogen) atoms. The molecule has 0 aromatic rings. The van der Waals surface area contributed by atoms with Gasteiger partial charge in [-0.1, -0.05) is 11.6 Å². The largest absolute Gasteiger partial charge is 0.165 e. The molecule has 0 bridgehead atoms. The molecule has 0 aromatic heterocycles. The molecule has 1 aliphatic rings. The zero-order valence-corrected chi connectivity index (χ0v) is 4.59. The van der Waals surface area contributed by atoms with E-state index < -0.39 is 0 Å². The predicted molar refractivity (Wildman–Crippen MR) is 28.5 cm³/mol. The molecule has 1 radical (unpaired) electrons. The molecule has 0 saturated heterocycles. The van der Waals surface area contributed by atoms with Gasteiger partial charge in [-0.15, -0.1) is 0 Å². The molecular weight excluding hydrogens is 118 g/mol. The van der Waals surface area contributed by atoms with Crippen molar-refractivity contribution < 1.29 is 0 Å². The summed E-state index contributed by atoms with van der Waals surface area (Å²) in [6.45, 7) is 0.701. The van der Waals surface area contributed by atoms with Gasteiger partial charge in [0.05, 0.1) is 6.54 Å². The SMILES string of the molecule is ClC1=CS[N]C1. The molecule has 0 unspecified atom stereocenters. The van der Waals surface area contributed by atoms with Gasteiger partial charge in [-0.3, -0.25) is 0 Å². The molecule has 1 aliphatic heterocycles. The van der Waals surface area contributed by atoms with Gasteiger partial charge in [-0.05, 0) is 11.9 Å². The van der Waals surface area contributed by atoms with Crippen molar-refractivity contribution in [1.29, 1.82) is 0 Å². The smallest absolute Gasteiger partial charge is 0.0624 e. The summed E-state index contributed by atoms with van der Waals surface area (Å²) >= 11 is 6.87. The summed E-state index contributed by atoms with van der Waals surface area (Å²) in [5.41, 5.74) is 0. The Hall–Kier alpha value is 0.340. The van der Waals surface area contributed by atoms with E-state index in [1.54, 1.807) is 0 Å². The fourth-order valence-electron chi connectivity index (χ4n) is 0.231. The Morgan fingerprint density at radius 3 is 3.00 bits per heavy atom. The maximum absolute atomic E-state index is 5.46. The van der Waals surface area contributed by atoms with Crippen LogP contribution < -0.4 is 4.72 Å². The normalized spacial score (nSPS) is 21.2. The lowest BCUT2D eigenvalue weighted by molar-refractivity contribution is 1.12. The minimum atomic E-state index is 0.701. The van der Waals surface area contributed by atoms with Crippen LogP contribution in [-0.2, 0) is 0 Å². The average Bonchev–Trinajstić information content (AvgIpc) is 1.86. The second-order valence-corrected chi connectivity index (χ2v) is 2.15. The van der Waals surface area contributed by atoms with Crippen molar-refractivity contribution in [1.82, 2.24) is 4.72 Å². The molecule has 0 amide bonds. The molecule has 3 heteroatoms. The number of nitrogens with zero attached hydrogens (tertiary/aromatic N) is 1. The van der Waals surface area contributed by atoms with E-state index in [0.29, 0.717) is 6.54 Å². The van der Waals surface area contributed by atoms with E-state index in [1.165, 1.54) is 11.9 Å². The summed E-state index contributed by atoms with van der Waals surface area (Å²) in [6, 6.07) is 0. The lowest BCUT2D eigenvalue weighted by atomic mass is 10.7. The summed E-state index contributed by atoms with van der Waals surface area (Å²) in [6.07, 6.45) is 0. The Balaban J connectivity index is 2.45. The van der Waals surface area contributed by atoms with Crippen LogP contribution in [0, 0.1) is 0 Å². The third-order valence-corrected chi connectivity index (χ3v) is 1.50. The first-order valence-electron chi connectivity index (χ1n) is 1.57. The first-order valence-corrected chi connectivity index (χ1v) is 2.78. The molecule has 1 nitrogen and oxygen atoms in total. The molecule has 1 heterocycles. The fourth-order valence-corrected chi connectivity index (χ4v) is 0.958. The van der Waals surface area contributed by atoms with Crippen molar-refractivity contribution in [2.24, 2.45) is 0 Å². The summed E-state index contributed by atoms with van der Waals surface area (Å²) in [5, 5.41) is 2.68. The minimum absolute atomic E-state index is 0.701. The number of halogens is 1. The molecule has 0 saturated carbocycles. The number of hydrogen-bond donors (Lipinski definition) is 0. The van der Waals surface area contributed by atoms with E-state index in [4.69, 9.17) is 11.6 Å². The molecule has 0 aromatic carbocycles. The highest BCUT2D eigenvalue weighted by molar-refractivity contribution is 8.00. The van der Waals surface area contributed by atoms with Crippen LogP contribution in [0.2, 0.25) is 0 Å². The van der Waals surface area contributed by atoms with E-state index in [-0.39, 0.29) is 0 Å². The van der Waals surface area contributed by atoms with Crippen LogP contribution in [0.1, 0.15) is 0 Å². The lowest BCUT2D eigenvalue weighted by Crippen LogP contribution is -1.85. The Kier molecular flexibility index (Phi) is 1.40. The standard InChI is InChI=1S/C3H3ClNS/c4-3-1-5-6-2-3/h2H,1H2. The third-order valence-electron chi connectivity index (χ3n) is 0.471. The van der Waals surface area contributed by atoms with Crippen LogP contribution in [0.3, 0.4) is 0 Å². The summed E-state index contributed by atoms with van der Waals surface area (Å²) in [7, 11) is 0. The van der Waals surface area contributed by atoms with Crippen molar-refractivity contribution in [3.05, 3.63) is 10.4 Å². The Labute approximate surface area is 45.9 Å². The van der Waals surface area contributed by atoms with Gasteiger partial charge in [-0.2, -0.15) is 4.72 Å². The summed E-state index contributed by atoms with van der Waals surface area (Å²) < 4.78 is 3.86. The highest BCUT2D eigenvalue weighted by Crippen LogP contribution is 2.15. The Morgan fingerprint density at radius 1 is 2.00 bits per heavy atom. The molecule has 1 rings (SSSR count). The number of rotatable bonds is 0. The van der Waals surface area contributed by atoms with Gasteiger partial charge >= 0.3 is 0 Å². The highest BCUT2D eigenvalue weighted by Gasteiger charge is 1.98. The first kappa shape index (κ1) is 4.50. The monoisotopic (exact) mass is 120 g/mol. The van der Waals surface area contributed by atoms with Gasteiger partial charge in [-0.25, -0.2) is 0 Å². The van der Waals surface area contributed by atoms with Gasteiger partial charge in [0.25, 0.3) is 0 Å². The fraction of sp³-hybridized carbons (Fsp3) is 0.333. The molecule has 0 atom stereocenters. The predicted octanol–water partition coefficient (Wildman–Crippen LogP) is 1.33. The van der Waals surface area contributed by atoms with E-state index >= 15 is 0 Å². The Bertz CT molecular complexity index is 80.9. The Morgan fingerprint density at radius 2 is 2.83 bits per heavy atom. The molecule has 0 spiro atoms. The van der Waals surface area contributed by atoms with Crippen molar-refractivity contribution in [3.63, 3.8) is 0 Å². The van der Waals surface area contributed by atoms with Crippen molar-refractivity contribution >= 4 is 23.5 Å². The minimum Gasteiger partial charge on any atom is -0.165 e. The average molecular weight is 121 g/mol. The van der Waals surface area contributed by atoms with Gasteiger partial charge in [0.1, 0.15) is 0 Å². The van der Waals surface area contributed by atoms with Crippen LogP contribution in [0.15, 0.2) is 10.4 Å². The quantitative estimate of drug-likeness (QED) is 0.440. The van der Waals surface area contributed by atoms with Crippen LogP contribution >= 0.6 is 23.5 Å². The second kappa shape index (κ2) is 1.87. The molecule has 0 fully saturated rings.